The Balaban J connectivity index is 2.29. The molecule has 0 unspecified atom stereocenters. The van der Waals surface area contributed by atoms with E-state index in [-0.39, 0.29) is 0 Å². The van der Waals surface area contributed by atoms with Gasteiger partial charge in [0.25, 0.3) is 0 Å². The Morgan fingerprint density at radius 2 is 1.88 bits per heavy atom. The highest BCUT2D eigenvalue weighted by atomic mass is 13.9. The standard InChI is InChI=1S/C8H11/c1-2-4-6-8-7-5-3-1/h1-3,6,8H,4-5,7H2/q+1. The van der Waals surface area contributed by atoms with Crippen LogP contribution in [0.5, 0.6) is 0 Å². The van der Waals surface area contributed by atoms with Crippen LogP contribution < -0.4 is 0 Å². The highest BCUT2D eigenvalue weighted by molar-refractivity contribution is 5.03. The summed E-state index contributed by atoms with van der Waals surface area (Å²) in [7, 11) is 0. The second-order valence-electron chi connectivity index (χ2n) is 1.95. The molecule has 0 aromatic rings. The zero-order valence-electron chi connectivity index (χ0n) is 5.01. The van der Waals surface area contributed by atoms with Gasteiger partial charge in [0.05, 0.1) is 12.5 Å². The molecule has 0 nitrogen and oxygen atoms in total. The molecule has 0 aromatic heterocycles. The van der Waals surface area contributed by atoms with Gasteiger partial charge >= 0.3 is 0 Å². The number of rotatable bonds is 0. The summed E-state index contributed by atoms with van der Waals surface area (Å²) in [5.41, 5.74) is 0. The van der Waals surface area contributed by atoms with Crippen molar-refractivity contribution in [3.63, 3.8) is 0 Å². The molecule has 42 valence electrons. The van der Waals surface area contributed by atoms with Gasteiger partial charge in [-0.25, -0.2) is 0 Å². The van der Waals surface area contributed by atoms with Gasteiger partial charge in [0.1, 0.15) is 0 Å². The summed E-state index contributed by atoms with van der Waals surface area (Å²) in [5, 5.41) is 0. The number of hydrogen-bond donors (Lipinski definition) is 0. The fourth-order valence-corrected chi connectivity index (χ4v) is 0.756. The highest BCUT2D eigenvalue weighted by Crippen LogP contribution is 2.01. The third-order valence-electron chi connectivity index (χ3n) is 1.21. The van der Waals surface area contributed by atoms with Crippen molar-refractivity contribution in [1.82, 2.24) is 0 Å². The summed E-state index contributed by atoms with van der Waals surface area (Å²) in [4.78, 5) is 0. The van der Waals surface area contributed by atoms with Crippen LogP contribution in [0.1, 0.15) is 19.3 Å². The Hall–Kier alpha value is -0.650. The van der Waals surface area contributed by atoms with Gasteiger partial charge in [-0.3, -0.25) is 0 Å². The van der Waals surface area contributed by atoms with Crippen molar-refractivity contribution in [1.29, 1.82) is 0 Å². The van der Waals surface area contributed by atoms with E-state index in [1.54, 1.807) is 0 Å². The van der Waals surface area contributed by atoms with E-state index in [1.165, 1.54) is 12.8 Å². The van der Waals surface area contributed by atoms with Crippen LogP contribution in [0.2, 0.25) is 0 Å². The Labute approximate surface area is 50.9 Å². The molecule has 0 N–H and O–H groups in total. The van der Waals surface area contributed by atoms with Crippen LogP contribution in [-0.2, 0) is 0 Å². The Bertz CT molecular complexity index is 72.6. The van der Waals surface area contributed by atoms with Gasteiger partial charge in [0.2, 0.25) is 0 Å². The van der Waals surface area contributed by atoms with E-state index in [0.29, 0.717) is 0 Å². The normalized spacial score (nSPS) is 19.0. The Kier molecular flexibility index (Phi) is 2.31. The molecule has 0 heteroatoms. The topological polar surface area (TPSA) is 0 Å². The molecule has 0 saturated heterocycles. The molecule has 1 aliphatic carbocycles. The zero-order chi connectivity index (χ0) is 5.66. The first-order valence-corrected chi connectivity index (χ1v) is 3.13. The lowest BCUT2D eigenvalue weighted by atomic mass is 10.1. The van der Waals surface area contributed by atoms with E-state index in [1.807, 2.05) is 0 Å². The fraction of sp³-hybridized carbons (Fsp3) is 0.375. The van der Waals surface area contributed by atoms with Crippen molar-refractivity contribution in [3.05, 3.63) is 30.7 Å². The number of allylic oxidation sites excluding steroid dienone is 4. The predicted octanol–water partition coefficient (Wildman–Crippen LogP) is 2.49. The van der Waals surface area contributed by atoms with Gasteiger partial charge in [-0.2, -0.15) is 0 Å². The minimum absolute atomic E-state index is 1.11. The van der Waals surface area contributed by atoms with Crippen LogP contribution in [0, 0.1) is 6.42 Å². The summed E-state index contributed by atoms with van der Waals surface area (Å²) < 4.78 is 0. The first kappa shape index (κ1) is 5.49. The van der Waals surface area contributed by atoms with E-state index in [0.717, 1.165) is 6.42 Å². The van der Waals surface area contributed by atoms with E-state index < -0.39 is 0 Å². The van der Waals surface area contributed by atoms with Gasteiger partial charge in [-0.05, 0) is 6.42 Å². The quantitative estimate of drug-likeness (QED) is 0.329. The van der Waals surface area contributed by atoms with Gasteiger partial charge in [0.15, 0.2) is 0 Å². The summed E-state index contributed by atoms with van der Waals surface area (Å²) in [6.07, 6.45) is 14.5. The maximum Gasteiger partial charge on any atom is 0.0896 e. The highest BCUT2D eigenvalue weighted by Gasteiger charge is 1.89. The van der Waals surface area contributed by atoms with Crippen LogP contribution in [0.3, 0.4) is 0 Å². The van der Waals surface area contributed by atoms with Gasteiger partial charge in [-0.1, -0.05) is 12.2 Å². The lowest BCUT2D eigenvalue weighted by Crippen LogP contribution is -1.72. The average molecular weight is 107 g/mol. The fourth-order valence-electron chi connectivity index (χ4n) is 0.756. The molecule has 8 heavy (non-hydrogen) atoms. The van der Waals surface area contributed by atoms with Crippen LogP contribution in [0.4, 0.5) is 0 Å². The van der Waals surface area contributed by atoms with Crippen molar-refractivity contribution >= 4 is 0 Å². The summed E-state index contributed by atoms with van der Waals surface area (Å²) in [6.45, 7) is 0. The van der Waals surface area contributed by atoms with Crippen molar-refractivity contribution in [2.75, 3.05) is 0 Å². The van der Waals surface area contributed by atoms with Gasteiger partial charge < -0.3 is 0 Å². The third-order valence-corrected chi connectivity index (χ3v) is 1.21. The van der Waals surface area contributed by atoms with E-state index in [4.69, 9.17) is 0 Å². The molecule has 0 saturated carbocycles. The second-order valence-corrected chi connectivity index (χ2v) is 1.95. The minimum Gasteiger partial charge on any atom is -0.0843 e. The maximum atomic E-state index is 2.24. The zero-order valence-corrected chi connectivity index (χ0v) is 5.01. The van der Waals surface area contributed by atoms with Crippen LogP contribution in [0.25, 0.3) is 0 Å². The molecular weight excluding hydrogens is 96.1 g/mol. The molecule has 1 aliphatic rings. The van der Waals surface area contributed by atoms with Crippen LogP contribution in [0.15, 0.2) is 24.3 Å². The number of hydrogen-bond acceptors (Lipinski definition) is 0. The molecule has 0 aliphatic heterocycles. The molecule has 0 atom stereocenters. The Morgan fingerprint density at radius 1 is 1.00 bits per heavy atom. The summed E-state index contributed by atoms with van der Waals surface area (Å²) in [6, 6.07) is 0. The molecule has 0 heterocycles. The lowest BCUT2D eigenvalue weighted by molar-refractivity contribution is 1.02. The molecule has 0 radical (unpaired) electrons. The first-order chi connectivity index (χ1) is 4.00. The molecule has 0 aromatic carbocycles. The van der Waals surface area contributed by atoms with Crippen LogP contribution in [-0.4, -0.2) is 0 Å². The third kappa shape index (κ3) is 1.87. The smallest absolute Gasteiger partial charge is 0.0843 e. The van der Waals surface area contributed by atoms with Crippen molar-refractivity contribution in [3.8, 4) is 0 Å². The summed E-state index contributed by atoms with van der Waals surface area (Å²) >= 11 is 0. The van der Waals surface area contributed by atoms with E-state index in [2.05, 4.69) is 30.7 Å². The largest absolute Gasteiger partial charge is 0.0896 e. The average Bonchev–Trinajstić information content (AvgIpc) is 1.62. The first-order valence-electron chi connectivity index (χ1n) is 3.13. The minimum atomic E-state index is 1.11. The monoisotopic (exact) mass is 107 g/mol. The van der Waals surface area contributed by atoms with Gasteiger partial charge in [-0.15, -0.1) is 0 Å². The SMILES string of the molecule is C1=CCCC=CC[CH+]1. The Morgan fingerprint density at radius 3 is 2.88 bits per heavy atom. The van der Waals surface area contributed by atoms with Crippen molar-refractivity contribution in [2.24, 2.45) is 0 Å². The van der Waals surface area contributed by atoms with E-state index >= 15 is 0 Å². The van der Waals surface area contributed by atoms with Crippen molar-refractivity contribution < 1.29 is 0 Å². The molecule has 0 bridgehead atoms. The van der Waals surface area contributed by atoms with Crippen LogP contribution >= 0.6 is 0 Å². The predicted molar refractivity (Wildman–Crippen MR) is 36.4 cm³/mol. The molecule has 1 rings (SSSR count). The summed E-state index contributed by atoms with van der Waals surface area (Å²) in [5.74, 6) is 0. The van der Waals surface area contributed by atoms with Crippen molar-refractivity contribution in [2.45, 2.75) is 19.3 Å². The van der Waals surface area contributed by atoms with E-state index in [9.17, 15) is 0 Å². The maximum absolute atomic E-state index is 2.24. The molecular formula is C8H11+. The second kappa shape index (κ2) is 3.36. The molecule has 0 amide bonds. The molecule has 0 fully saturated rings. The van der Waals surface area contributed by atoms with Gasteiger partial charge in [0, 0.05) is 18.9 Å². The molecule has 0 spiro atoms. The lowest BCUT2D eigenvalue weighted by Gasteiger charge is -1.85.